The summed E-state index contributed by atoms with van der Waals surface area (Å²) in [7, 11) is 0. The molecule has 0 spiro atoms. The van der Waals surface area contributed by atoms with E-state index in [9.17, 15) is 9.59 Å². The van der Waals surface area contributed by atoms with Crippen molar-refractivity contribution in [2.75, 3.05) is 45.5 Å². The molecule has 4 heterocycles. The number of aryl methyl sites for hydroxylation is 2. The number of aromatic nitrogens is 3. The molecule has 1 unspecified atom stereocenters. The minimum atomic E-state index is -0.371. The van der Waals surface area contributed by atoms with Gasteiger partial charge in [-0.3, -0.25) is 0 Å². The molecule has 0 radical (unpaired) electrons. The fourth-order valence-electron chi connectivity index (χ4n) is 7.00. The molecule has 0 bridgehead atoms. The minimum absolute atomic E-state index is 0.0361. The second-order valence-corrected chi connectivity index (χ2v) is 21.9. The maximum Gasteiger partial charge on any atom is 0.323 e. The third kappa shape index (κ3) is 18.6. The summed E-state index contributed by atoms with van der Waals surface area (Å²) in [5.41, 5.74) is 16.7. The second kappa shape index (κ2) is 28.9. The molecule has 8 rings (SSSR count). The number of hydrogen-bond donors (Lipinski definition) is 7. The zero-order valence-electron chi connectivity index (χ0n) is 46.3. The van der Waals surface area contributed by atoms with Crippen molar-refractivity contribution in [1.82, 2.24) is 20.3 Å². The Kier molecular flexibility index (Phi) is 22.5. The topological polar surface area (TPSA) is 180 Å². The highest BCUT2D eigenvalue weighted by atomic mass is 32.2. The van der Waals surface area contributed by atoms with Crippen molar-refractivity contribution in [3.05, 3.63) is 167 Å². The Labute approximate surface area is 459 Å². The summed E-state index contributed by atoms with van der Waals surface area (Å²) in [6.07, 6.45) is 5.55. The SMILES string of the molecule is CC.CC(C)C.CC=C(C)C.Cc1ccc(NC(=O)Nc2cccc(C3=C(c4ccnc(NCCOc5ccc(NC(=O)Nc6cccc(-c7sc(C)nc7-c7ccnc(N)c7)c6)cc5)c4)NC(C(C)(C)C)S3)c2)cc1. The number of carbonyl (C=O) groups is 2. The van der Waals surface area contributed by atoms with Crippen LogP contribution in [-0.2, 0) is 0 Å². The molecule has 0 saturated carbocycles. The average molecular weight is 1060 g/mol. The van der Waals surface area contributed by atoms with Gasteiger partial charge in [0.05, 0.1) is 33.2 Å². The predicted molar refractivity (Wildman–Crippen MR) is 325 cm³/mol. The van der Waals surface area contributed by atoms with Crippen molar-refractivity contribution in [1.29, 1.82) is 0 Å². The number of ether oxygens (including phenoxy) is 1. The molecule has 4 amide bonds. The van der Waals surface area contributed by atoms with Gasteiger partial charge in [-0.2, -0.15) is 0 Å². The highest BCUT2D eigenvalue weighted by Gasteiger charge is 2.34. The number of amides is 4. The molecule has 400 valence electrons. The number of nitrogen functional groups attached to an aromatic ring is 1. The molecule has 8 N–H and O–H groups in total. The Morgan fingerprint density at radius 1 is 0.724 bits per heavy atom. The summed E-state index contributed by atoms with van der Waals surface area (Å²) < 4.78 is 6.03. The van der Waals surface area contributed by atoms with Crippen LogP contribution in [0.15, 0.2) is 145 Å². The zero-order valence-corrected chi connectivity index (χ0v) is 47.9. The number of nitrogens with zero attached hydrogens (tertiary/aromatic N) is 3. The van der Waals surface area contributed by atoms with E-state index in [1.54, 1.807) is 47.6 Å². The zero-order chi connectivity index (χ0) is 55.4. The number of urea groups is 2. The molecule has 0 aliphatic carbocycles. The van der Waals surface area contributed by atoms with Gasteiger partial charge >= 0.3 is 12.1 Å². The van der Waals surface area contributed by atoms with E-state index in [0.29, 0.717) is 47.6 Å². The van der Waals surface area contributed by atoms with Crippen LogP contribution in [0, 0.1) is 25.2 Å². The largest absolute Gasteiger partial charge is 0.492 e. The fourth-order valence-corrected chi connectivity index (χ4v) is 9.26. The van der Waals surface area contributed by atoms with Crippen molar-refractivity contribution in [2.24, 2.45) is 11.3 Å². The first kappa shape index (κ1) is 59.3. The van der Waals surface area contributed by atoms with Crippen LogP contribution in [0.2, 0.25) is 0 Å². The molecule has 0 saturated heterocycles. The third-order valence-electron chi connectivity index (χ3n) is 10.8. The molecule has 1 aliphatic rings. The molecule has 0 fully saturated rings. The number of benzene rings is 4. The number of rotatable bonds is 13. The predicted octanol–water partition coefficient (Wildman–Crippen LogP) is 16.4. The Balaban J connectivity index is 0.000000888. The molecule has 13 nitrogen and oxygen atoms in total. The first-order chi connectivity index (χ1) is 36.3. The molecular weight excluding hydrogens is 985 g/mol. The van der Waals surface area contributed by atoms with E-state index in [0.717, 1.165) is 65.6 Å². The summed E-state index contributed by atoms with van der Waals surface area (Å²) in [4.78, 5) is 41.4. The maximum absolute atomic E-state index is 13.0. The van der Waals surface area contributed by atoms with Gasteiger partial charge in [0.2, 0.25) is 0 Å². The lowest BCUT2D eigenvalue weighted by atomic mass is 9.96. The summed E-state index contributed by atoms with van der Waals surface area (Å²) in [6.45, 7) is 28.2. The van der Waals surface area contributed by atoms with E-state index in [1.165, 1.54) is 5.57 Å². The van der Waals surface area contributed by atoms with Crippen LogP contribution in [0.5, 0.6) is 5.75 Å². The number of thiazole rings is 1. The molecule has 1 atom stereocenters. The third-order valence-corrected chi connectivity index (χ3v) is 13.6. The van der Waals surface area contributed by atoms with Crippen molar-refractivity contribution < 1.29 is 14.3 Å². The van der Waals surface area contributed by atoms with Gasteiger partial charge in [0.1, 0.15) is 24.0 Å². The number of nitrogens with one attached hydrogen (secondary N) is 6. The fraction of sp³-hybridized carbons (Fsp3) is 0.295. The van der Waals surface area contributed by atoms with Gasteiger partial charge in [-0.25, -0.2) is 24.5 Å². The van der Waals surface area contributed by atoms with Crippen LogP contribution in [0.3, 0.4) is 0 Å². The number of hydrogen-bond acceptors (Lipinski definition) is 11. The molecule has 3 aromatic heterocycles. The number of thioether (sulfide) groups is 1. The number of allylic oxidation sites excluding steroid dienone is 2. The number of nitrogens with two attached hydrogens (primary N) is 1. The summed E-state index contributed by atoms with van der Waals surface area (Å²) in [5.74, 6) is 2.64. The van der Waals surface area contributed by atoms with Crippen LogP contribution < -0.4 is 42.4 Å². The van der Waals surface area contributed by atoms with Crippen molar-refractivity contribution >= 4 is 80.1 Å². The van der Waals surface area contributed by atoms with E-state index in [1.807, 2.05) is 138 Å². The second-order valence-electron chi connectivity index (χ2n) is 19.6. The monoisotopic (exact) mass is 1060 g/mol. The molecule has 76 heavy (non-hydrogen) atoms. The molecule has 1 aliphatic heterocycles. The first-order valence-corrected chi connectivity index (χ1v) is 27.4. The lowest BCUT2D eigenvalue weighted by Crippen LogP contribution is -2.33. The quantitative estimate of drug-likeness (QED) is 0.0434. The van der Waals surface area contributed by atoms with Gasteiger partial charge in [0.25, 0.3) is 0 Å². The van der Waals surface area contributed by atoms with Crippen LogP contribution >= 0.6 is 23.1 Å². The maximum atomic E-state index is 13.0. The van der Waals surface area contributed by atoms with E-state index < -0.39 is 0 Å². The average Bonchev–Trinajstić information content (AvgIpc) is 4.04. The number of pyridine rings is 2. The van der Waals surface area contributed by atoms with Crippen molar-refractivity contribution in [2.45, 2.75) is 95.4 Å². The highest BCUT2D eigenvalue weighted by Crippen LogP contribution is 2.48. The smallest absolute Gasteiger partial charge is 0.323 e. The van der Waals surface area contributed by atoms with Crippen LogP contribution in [0.25, 0.3) is 32.3 Å². The molecule has 7 aromatic rings. The minimum Gasteiger partial charge on any atom is -0.492 e. The molecular formula is C61H76N10O3S2. The van der Waals surface area contributed by atoms with Gasteiger partial charge in [0, 0.05) is 51.2 Å². The van der Waals surface area contributed by atoms with E-state index in [2.05, 4.69) is 109 Å². The van der Waals surface area contributed by atoms with Crippen molar-refractivity contribution in [3.63, 3.8) is 0 Å². The Morgan fingerprint density at radius 2 is 1.26 bits per heavy atom. The number of anilines is 6. The first-order valence-electron chi connectivity index (χ1n) is 25.7. The van der Waals surface area contributed by atoms with Crippen molar-refractivity contribution in [3.8, 4) is 27.4 Å². The van der Waals surface area contributed by atoms with Gasteiger partial charge in [0.15, 0.2) is 0 Å². The lowest BCUT2D eigenvalue weighted by Gasteiger charge is -2.27. The Bertz CT molecular complexity index is 3050. The molecule has 4 aromatic carbocycles. The Morgan fingerprint density at radius 3 is 1.84 bits per heavy atom. The van der Waals surface area contributed by atoms with Gasteiger partial charge < -0.3 is 42.4 Å². The standard InChI is InChI=1S/C50H50N10O3S2.C5H10.C4H10.C2H6/c1-30-12-14-36(15-13-30)56-48(61)59-39-11-7-9-35(27-39)46-44(60-47(65-46)50(3,4)5)33-21-23-53-42(29-33)54-24-25-63-40-18-16-37(17-19-40)57-49(62)58-38-10-6-8-34(26-38)45-43(55-31(2)64-45)32-20-22-52-41(51)28-32;1-4-5(2)3;1-4(2)3;1-2/h6-23,26-29,47,60H,24-25H2,1-5H3,(H2,51,52)(H,53,54)(H2,56,59,61)(H2,57,58,62);4H,1-3H3;4H,1-3H3;1-2H3. The summed E-state index contributed by atoms with van der Waals surface area (Å²) in [6, 6.07) is 37.5. The summed E-state index contributed by atoms with van der Waals surface area (Å²) >= 11 is 3.36. The van der Waals surface area contributed by atoms with Crippen LogP contribution in [0.4, 0.5) is 44.0 Å². The number of carbonyl (C=O) groups excluding carboxylic acids is 2. The van der Waals surface area contributed by atoms with E-state index in [4.69, 9.17) is 15.5 Å². The summed E-state index contributed by atoms with van der Waals surface area (Å²) in [5, 5.41) is 19.9. The van der Waals surface area contributed by atoms with Crippen LogP contribution in [0.1, 0.15) is 97.9 Å². The van der Waals surface area contributed by atoms with Gasteiger partial charge in [-0.05, 0) is 142 Å². The normalized spacial score (nSPS) is 12.5. The van der Waals surface area contributed by atoms with Gasteiger partial charge in [-0.1, -0.05) is 121 Å². The Hall–Kier alpha value is -7.62. The van der Waals surface area contributed by atoms with Crippen LogP contribution in [-0.4, -0.2) is 45.5 Å². The highest BCUT2D eigenvalue weighted by molar-refractivity contribution is 8.09. The van der Waals surface area contributed by atoms with E-state index in [-0.39, 0.29) is 22.9 Å². The van der Waals surface area contributed by atoms with E-state index >= 15 is 0 Å². The van der Waals surface area contributed by atoms with Gasteiger partial charge in [-0.15, -0.1) is 11.3 Å². The lowest BCUT2D eigenvalue weighted by molar-refractivity contribution is 0.261. The molecule has 15 heteroatoms.